The van der Waals surface area contributed by atoms with Crippen LogP contribution < -0.4 is 0 Å². The van der Waals surface area contributed by atoms with Crippen molar-refractivity contribution in [1.82, 2.24) is 4.90 Å². The van der Waals surface area contributed by atoms with Crippen molar-refractivity contribution < 1.29 is 24.9 Å². The smallest absolute Gasteiger partial charge is 0.317 e. The van der Waals surface area contributed by atoms with E-state index in [0.717, 1.165) is 12.8 Å². The molecule has 6 nitrogen and oxygen atoms in total. The number of unbranched alkanes of at least 4 members (excludes halogenated alkanes) is 12. The first kappa shape index (κ1) is 26.9. The van der Waals surface area contributed by atoms with Crippen LogP contribution in [0.2, 0.25) is 0 Å². The van der Waals surface area contributed by atoms with Gasteiger partial charge in [-0.15, -0.1) is 0 Å². The molecular formula is C22H43NO5. The molecular weight excluding hydrogens is 358 g/mol. The van der Waals surface area contributed by atoms with Crippen LogP contribution in [0.25, 0.3) is 0 Å². The number of aliphatic carboxylic acids is 2. The van der Waals surface area contributed by atoms with E-state index in [2.05, 4.69) is 6.92 Å². The standard InChI is InChI=1S/C22H43NO5/c1-2-3-4-5-6-7-8-9-10-11-12-13-14-15-20(24)16-17-23(18-21(25)26)19-22(27)28/h20,24H,2-19H2,1H3,(H,25,26)(H,27,28). The monoisotopic (exact) mass is 401 g/mol. The van der Waals surface area contributed by atoms with Gasteiger partial charge >= 0.3 is 11.9 Å². The quantitative estimate of drug-likeness (QED) is 0.241. The van der Waals surface area contributed by atoms with E-state index < -0.39 is 18.0 Å². The zero-order valence-corrected chi connectivity index (χ0v) is 17.9. The summed E-state index contributed by atoms with van der Waals surface area (Å²) in [6.45, 7) is 1.92. The van der Waals surface area contributed by atoms with Crippen LogP contribution in [-0.4, -0.2) is 57.9 Å². The van der Waals surface area contributed by atoms with Gasteiger partial charge in [0, 0.05) is 6.54 Å². The summed E-state index contributed by atoms with van der Waals surface area (Å²) in [5.41, 5.74) is 0. The molecule has 0 aromatic carbocycles. The fourth-order valence-electron chi connectivity index (χ4n) is 3.47. The molecule has 0 fully saturated rings. The van der Waals surface area contributed by atoms with Crippen LogP contribution in [0.5, 0.6) is 0 Å². The van der Waals surface area contributed by atoms with E-state index in [4.69, 9.17) is 10.2 Å². The highest BCUT2D eigenvalue weighted by Crippen LogP contribution is 2.14. The molecule has 0 heterocycles. The number of carbonyl (C=O) groups is 2. The first-order valence-electron chi connectivity index (χ1n) is 11.3. The van der Waals surface area contributed by atoms with Crippen molar-refractivity contribution in [3.63, 3.8) is 0 Å². The van der Waals surface area contributed by atoms with Gasteiger partial charge in [-0.3, -0.25) is 14.5 Å². The van der Waals surface area contributed by atoms with Crippen LogP contribution in [-0.2, 0) is 9.59 Å². The Bertz CT molecular complexity index is 373. The molecule has 0 bridgehead atoms. The molecule has 0 radical (unpaired) electrons. The second-order valence-corrected chi connectivity index (χ2v) is 7.97. The number of nitrogens with zero attached hydrogens (tertiary/aromatic N) is 1. The van der Waals surface area contributed by atoms with Gasteiger partial charge in [-0.05, 0) is 12.8 Å². The minimum absolute atomic E-state index is 0.290. The van der Waals surface area contributed by atoms with Crippen LogP contribution in [0.15, 0.2) is 0 Å². The third-order valence-electron chi connectivity index (χ3n) is 5.14. The highest BCUT2D eigenvalue weighted by atomic mass is 16.4. The second-order valence-electron chi connectivity index (χ2n) is 7.97. The normalized spacial score (nSPS) is 12.4. The number of aliphatic hydroxyl groups excluding tert-OH is 1. The molecule has 6 heteroatoms. The minimum atomic E-state index is -1.05. The first-order valence-corrected chi connectivity index (χ1v) is 11.3. The Morgan fingerprint density at radius 3 is 1.46 bits per heavy atom. The Morgan fingerprint density at radius 2 is 1.07 bits per heavy atom. The van der Waals surface area contributed by atoms with E-state index in [1.807, 2.05) is 0 Å². The molecule has 28 heavy (non-hydrogen) atoms. The van der Waals surface area contributed by atoms with Gasteiger partial charge in [0.2, 0.25) is 0 Å². The lowest BCUT2D eigenvalue weighted by Crippen LogP contribution is -2.36. The zero-order valence-electron chi connectivity index (χ0n) is 17.9. The van der Waals surface area contributed by atoms with Crippen molar-refractivity contribution >= 4 is 11.9 Å². The van der Waals surface area contributed by atoms with E-state index in [0.29, 0.717) is 12.8 Å². The number of aliphatic hydroxyl groups is 1. The maximum atomic E-state index is 10.7. The topological polar surface area (TPSA) is 98.1 Å². The SMILES string of the molecule is CCCCCCCCCCCCCCCC(O)CCN(CC(=O)O)CC(=O)O. The van der Waals surface area contributed by atoms with Crippen LogP contribution in [0.4, 0.5) is 0 Å². The summed E-state index contributed by atoms with van der Waals surface area (Å²) >= 11 is 0. The van der Waals surface area contributed by atoms with Crippen LogP contribution in [0.1, 0.15) is 103 Å². The maximum Gasteiger partial charge on any atom is 0.317 e. The van der Waals surface area contributed by atoms with E-state index >= 15 is 0 Å². The lowest BCUT2D eigenvalue weighted by Gasteiger charge is -2.19. The summed E-state index contributed by atoms with van der Waals surface area (Å²) < 4.78 is 0. The molecule has 0 aromatic rings. The molecule has 0 aliphatic carbocycles. The maximum absolute atomic E-state index is 10.7. The Labute approximate surface area is 171 Å². The van der Waals surface area contributed by atoms with E-state index in [1.54, 1.807) is 0 Å². The molecule has 0 saturated carbocycles. The third-order valence-corrected chi connectivity index (χ3v) is 5.14. The van der Waals surface area contributed by atoms with Gasteiger partial charge in [-0.25, -0.2) is 0 Å². The van der Waals surface area contributed by atoms with Gasteiger partial charge in [0.05, 0.1) is 19.2 Å². The molecule has 3 N–H and O–H groups in total. The van der Waals surface area contributed by atoms with E-state index in [1.165, 1.54) is 75.5 Å². The van der Waals surface area contributed by atoms with Crippen molar-refractivity contribution in [2.75, 3.05) is 19.6 Å². The van der Waals surface area contributed by atoms with Gasteiger partial charge in [0.15, 0.2) is 0 Å². The van der Waals surface area contributed by atoms with Gasteiger partial charge < -0.3 is 15.3 Å². The largest absolute Gasteiger partial charge is 0.480 e. The summed E-state index contributed by atoms with van der Waals surface area (Å²) in [6.07, 6.45) is 17.4. The lowest BCUT2D eigenvalue weighted by molar-refractivity contribution is -0.141. The Kier molecular flexibility index (Phi) is 18.4. The Hall–Kier alpha value is -1.14. The molecule has 1 unspecified atom stereocenters. The fraction of sp³-hybridized carbons (Fsp3) is 0.909. The number of carboxylic acids is 2. The first-order chi connectivity index (χ1) is 13.5. The number of carboxylic acid groups (broad SMARTS) is 2. The molecule has 166 valence electrons. The molecule has 0 aliphatic rings. The molecule has 0 rings (SSSR count). The number of hydrogen-bond donors (Lipinski definition) is 3. The minimum Gasteiger partial charge on any atom is -0.480 e. The van der Waals surface area contributed by atoms with Crippen LogP contribution in [0.3, 0.4) is 0 Å². The van der Waals surface area contributed by atoms with Gasteiger partial charge in [0.1, 0.15) is 0 Å². The lowest BCUT2D eigenvalue weighted by atomic mass is 10.0. The molecule has 0 aliphatic heterocycles. The molecule has 0 spiro atoms. The average molecular weight is 402 g/mol. The molecule has 1 atom stereocenters. The van der Waals surface area contributed by atoms with Gasteiger partial charge in [-0.1, -0.05) is 90.4 Å². The van der Waals surface area contributed by atoms with Gasteiger partial charge in [0.25, 0.3) is 0 Å². The van der Waals surface area contributed by atoms with Crippen molar-refractivity contribution in [2.45, 2.75) is 109 Å². The van der Waals surface area contributed by atoms with Crippen molar-refractivity contribution in [3.05, 3.63) is 0 Å². The van der Waals surface area contributed by atoms with E-state index in [9.17, 15) is 14.7 Å². The Balaban J connectivity index is 3.50. The van der Waals surface area contributed by atoms with Crippen molar-refractivity contribution in [3.8, 4) is 0 Å². The van der Waals surface area contributed by atoms with Crippen LogP contribution in [0, 0.1) is 0 Å². The number of hydrogen-bond acceptors (Lipinski definition) is 4. The summed E-state index contributed by atoms with van der Waals surface area (Å²) in [5.74, 6) is -2.10. The molecule has 0 amide bonds. The summed E-state index contributed by atoms with van der Waals surface area (Å²) in [6, 6.07) is 0. The third kappa shape index (κ3) is 19.6. The number of rotatable bonds is 21. The molecule has 0 aromatic heterocycles. The van der Waals surface area contributed by atoms with Crippen LogP contribution >= 0.6 is 0 Å². The summed E-state index contributed by atoms with van der Waals surface area (Å²) in [5, 5.41) is 27.6. The Morgan fingerprint density at radius 1 is 0.679 bits per heavy atom. The van der Waals surface area contributed by atoms with Crippen molar-refractivity contribution in [2.24, 2.45) is 0 Å². The fourth-order valence-corrected chi connectivity index (χ4v) is 3.47. The average Bonchev–Trinajstić information content (AvgIpc) is 2.62. The highest BCUT2D eigenvalue weighted by molar-refractivity contribution is 5.72. The second kappa shape index (κ2) is 19.2. The summed E-state index contributed by atoms with van der Waals surface area (Å²) in [7, 11) is 0. The zero-order chi connectivity index (χ0) is 21.0. The summed E-state index contributed by atoms with van der Waals surface area (Å²) in [4.78, 5) is 22.8. The highest BCUT2D eigenvalue weighted by Gasteiger charge is 2.15. The molecule has 0 saturated heterocycles. The van der Waals surface area contributed by atoms with E-state index in [-0.39, 0.29) is 19.6 Å². The predicted octanol–water partition coefficient (Wildman–Crippen LogP) is 4.69. The van der Waals surface area contributed by atoms with Crippen molar-refractivity contribution in [1.29, 1.82) is 0 Å². The van der Waals surface area contributed by atoms with Gasteiger partial charge in [-0.2, -0.15) is 0 Å². The predicted molar refractivity (Wildman–Crippen MR) is 113 cm³/mol.